The van der Waals surface area contributed by atoms with E-state index in [1.165, 1.54) is 0 Å². The average molecular weight is 210 g/mol. The van der Waals surface area contributed by atoms with E-state index in [-0.39, 0.29) is 12.2 Å². The monoisotopic (exact) mass is 210 g/mol. The van der Waals surface area contributed by atoms with E-state index in [1.807, 2.05) is 17.1 Å². The van der Waals surface area contributed by atoms with Crippen LogP contribution >= 0.6 is 0 Å². The van der Waals surface area contributed by atoms with Crippen LogP contribution in [0.1, 0.15) is 37.9 Å². The van der Waals surface area contributed by atoms with E-state index in [0.29, 0.717) is 13.0 Å². The van der Waals surface area contributed by atoms with E-state index >= 15 is 0 Å². The van der Waals surface area contributed by atoms with Crippen molar-refractivity contribution in [2.24, 2.45) is 0 Å². The van der Waals surface area contributed by atoms with Gasteiger partial charge >= 0.3 is 0 Å². The van der Waals surface area contributed by atoms with Crippen LogP contribution in [0.5, 0.6) is 0 Å². The molecule has 0 radical (unpaired) electrons. The number of nitrogens with zero attached hydrogens (tertiary/aromatic N) is 2. The highest BCUT2D eigenvalue weighted by Gasteiger charge is 2.23. The van der Waals surface area contributed by atoms with Gasteiger partial charge in [-0.2, -0.15) is 5.10 Å². The molecule has 0 aliphatic carbocycles. The molecule has 1 aromatic rings. The third-order valence-electron chi connectivity index (χ3n) is 2.73. The first-order valence-electron chi connectivity index (χ1n) is 5.61. The zero-order chi connectivity index (χ0) is 10.7. The van der Waals surface area contributed by atoms with Gasteiger partial charge < -0.3 is 9.84 Å². The van der Waals surface area contributed by atoms with E-state index in [2.05, 4.69) is 12.0 Å². The van der Waals surface area contributed by atoms with Crippen LogP contribution in [0.2, 0.25) is 0 Å². The summed E-state index contributed by atoms with van der Waals surface area (Å²) < 4.78 is 7.54. The lowest BCUT2D eigenvalue weighted by Gasteiger charge is -2.25. The lowest BCUT2D eigenvalue weighted by Crippen LogP contribution is -2.23. The predicted molar refractivity (Wildman–Crippen MR) is 56.5 cm³/mol. The van der Waals surface area contributed by atoms with Gasteiger partial charge in [0, 0.05) is 31.3 Å². The number of aryl methyl sites for hydroxylation is 1. The van der Waals surface area contributed by atoms with Crippen LogP contribution in [0.3, 0.4) is 0 Å². The zero-order valence-corrected chi connectivity index (χ0v) is 9.09. The first kappa shape index (κ1) is 10.6. The second-order valence-corrected chi connectivity index (χ2v) is 4.07. The van der Waals surface area contributed by atoms with Gasteiger partial charge in [0.1, 0.15) is 0 Å². The Labute approximate surface area is 89.9 Å². The fourth-order valence-corrected chi connectivity index (χ4v) is 1.91. The van der Waals surface area contributed by atoms with Crippen LogP contribution < -0.4 is 0 Å². The molecular formula is C11H18N2O2. The molecule has 0 aromatic carbocycles. The zero-order valence-electron chi connectivity index (χ0n) is 9.09. The van der Waals surface area contributed by atoms with Crippen LogP contribution in [0.25, 0.3) is 0 Å². The second-order valence-electron chi connectivity index (χ2n) is 4.07. The summed E-state index contributed by atoms with van der Waals surface area (Å²) in [6.07, 6.45) is 6.19. The van der Waals surface area contributed by atoms with Gasteiger partial charge in [0.05, 0.1) is 18.4 Å². The molecule has 1 fully saturated rings. The molecule has 0 bridgehead atoms. The van der Waals surface area contributed by atoms with E-state index in [9.17, 15) is 5.11 Å². The highest BCUT2D eigenvalue weighted by Crippen LogP contribution is 2.27. The van der Waals surface area contributed by atoms with Crippen molar-refractivity contribution in [3.63, 3.8) is 0 Å². The number of aromatic nitrogens is 2. The Morgan fingerprint density at radius 1 is 1.67 bits per heavy atom. The Kier molecular flexibility index (Phi) is 3.38. The molecule has 2 rings (SSSR count). The number of ether oxygens (including phenoxy) is 1. The molecule has 1 aliphatic heterocycles. The SMILES string of the molecule is CCCn1cc(C2CC(O)CCO2)cn1. The van der Waals surface area contributed by atoms with Crippen molar-refractivity contribution < 1.29 is 9.84 Å². The summed E-state index contributed by atoms with van der Waals surface area (Å²) in [4.78, 5) is 0. The second kappa shape index (κ2) is 4.77. The smallest absolute Gasteiger partial charge is 0.0880 e. The first-order valence-corrected chi connectivity index (χ1v) is 5.61. The Morgan fingerprint density at radius 3 is 3.27 bits per heavy atom. The molecule has 4 heteroatoms. The van der Waals surface area contributed by atoms with Crippen molar-refractivity contribution in [3.8, 4) is 0 Å². The lowest BCUT2D eigenvalue weighted by molar-refractivity contribution is -0.0448. The number of aliphatic hydroxyl groups is 1. The fraction of sp³-hybridized carbons (Fsp3) is 0.727. The highest BCUT2D eigenvalue weighted by atomic mass is 16.5. The fourth-order valence-electron chi connectivity index (χ4n) is 1.91. The minimum Gasteiger partial charge on any atom is -0.393 e. The topological polar surface area (TPSA) is 47.3 Å². The van der Waals surface area contributed by atoms with E-state index in [0.717, 1.165) is 24.9 Å². The maximum atomic E-state index is 9.54. The van der Waals surface area contributed by atoms with Crippen LogP contribution in [0, 0.1) is 0 Å². The summed E-state index contributed by atoms with van der Waals surface area (Å²) in [6.45, 7) is 3.71. The summed E-state index contributed by atoms with van der Waals surface area (Å²) >= 11 is 0. The van der Waals surface area contributed by atoms with Crippen molar-refractivity contribution in [2.75, 3.05) is 6.61 Å². The first-order chi connectivity index (χ1) is 7.29. The van der Waals surface area contributed by atoms with Crippen LogP contribution in [0.15, 0.2) is 12.4 Å². The van der Waals surface area contributed by atoms with Gasteiger partial charge in [-0.1, -0.05) is 6.92 Å². The molecule has 2 unspecified atom stereocenters. The predicted octanol–water partition coefficient (Wildman–Crippen LogP) is 1.51. The molecule has 1 aliphatic rings. The van der Waals surface area contributed by atoms with Gasteiger partial charge in [-0.05, 0) is 12.8 Å². The Bertz CT molecular complexity index is 311. The Hall–Kier alpha value is -0.870. The van der Waals surface area contributed by atoms with Gasteiger partial charge in [-0.25, -0.2) is 0 Å². The van der Waals surface area contributed by atoms with Crippen LogP contribution in [-0.4, -0.2) is 27.6 Å². The lowest BCUT2D eigenvalue weighted by atomic mass is 10.0. The molecule has 15 heavy (non-hydrogen) atoms. The van der Waals surface area contributed by atoms with Gasteiger partial charge in [-0.3, -0.25) is 4.68 Å². The number of hydrogen-bond donors (Lipinski definition) is 1. The van der Waals surface area contributed by atoms with Crippen molar-refractivity contribution in [1.82, 2.24) is 9.78 Å². The van der Waals surface area contributed by atoms with Crippen molar-refractivity contribution >= 4 is 0 Å². The molecule has 2 heterocycles. The summed E-state index contributed by atoms with van der Waals surface area (Å²) in [5, 5.41) is 13.8. The normalized spacial score (nSPS) is 26.8. The molecular weight excluding hydrogens is 192 g/mol. The third-order valence-corrected chi connectivity index (χ3v) is 2.73. The van der Waals surface area contributed by atoms with Crippen molar-refractivity contribution in [3.05, 3.63) is 18.0 Å². The molecule has 1 aromatic heterocycles. The number of aliphatic hydroxyl groups excluding tert-OH is 1. The van der Waals surface area contributed by atoms with Gasteiger partial charge in [0.25, 0.3) is 0 Å². The highest BCUT2D eigenvalue weighted by molar-refractivity contribution is 5.09. The van der Waals surface area contributed by atoms with Crippen molar-refractivity contribution in [2.45, 2.75) is 44.9 Å². The summed E-state index contributed by atoms with van der Waals surface area (Å²) in [5.74, 6) is 0. The maximum Gasteiger partial charge on any atom is 0.0880 e. The Morgan fingerprint density at radius 2 is 2.53 bits per heavy atom. The Balaban J connectivity index is 2.01. The summed E-state index contributed by atoms with van der Waals surface area (Å²) in [7, 11) is 0. The minimum atomic E-state index is -0.224. The number of hydrogen-bond acceptors (Lipinski definition) is 3. The van der Waals surface area contributed by atoms with Crippen LogP contribution in [-0.2, 0) is 11.3 Å². The molecule has 1 saturated heterocycles. The average Bonchev–Trinajstić information content (AvgIpc) is 2.67. The number of rotatable bonds is 3. The molecule has 1 N–H and O–H groups in total. The summed E-state index contributed by atoms with van der Waals surface area (Å²) in [5.41, 5.74) is 1.09. The molecule has 84 valence electrons. The molecule has 0 saturated carbocycles. The van der Waals surface area contributed by atoms with Crippen molar-refractivity contribution in [1.29, 1.82) is 0 Å². The van der Waals surface area contributed by atoms with Gasteiger partial charge in [-0.15, -0.1) is 0 Å². The third kappa shape index (κ3) is 2.58. The van der Waals surface area contributed by atoms with Crippen LogP contribution in [0.4, 0.5) is 0 Å². The molecule has 2 atom stereocenters. The largest absolute Gasteiger partial charge is 0.393 e. The van der Waals surface area contributed by atoms with Gasteiger partial charge in [0.2, 0.25) is 0 Å². The molecule has 0 amide bonds. The summed E-state index contributed by atoms with van der Waals surface area (Å²) in [6, 6.07) is 0. The minimum absolute atomic E-state index is 0.0272. The standard InChI is InChI=1S/C11H18N2O2/c1-2-4-13-8-9(7-12-13)11-6-10(14)3-5-15-11/h7-8,10-11,14H,2-6H2,1H3. The molecule has 4 nitrogen and oxygen atoms in total. The molecule has 0 spiro atoms. The van der Waals surface area contributed by atoms with E-state index in [1.54, 1.807) is 0 Å². The quantitative estimate of drug-likeness (QED) is 0.822. The van der Waals surface area contributed by atoms with E-state index in [4.69, 9.17) is 4.74 Å². The van der Waals surface area contributed by atoms with E-state index < -0.39 is 0 Å². The maximum absolute atomic E-state index is 9.54. The van der Waals surface area contributed by atoms with Gasteiger partial charge in [0.15, 0.2) is 0 Å².